The Morgan fingerprint density at radius 2 is 0.938 bits per heavy atom. The maximum Gasteiger partial charge on any atom is 0.472 e. The zero-order valence-corrected chi connectivity index (χ0v) is 43.7. The first-order chi connectivity index (χ1) is 31.0. The van der Waals surface area contributed by atoms with E-state index in [0.29, 0.717) is 23.9 Å². The van der Waals surface area contributed by atoms with Gasteiger partial charge in [-0.2, -0.15) is 0 Å². The van der Waals surface area contributed by atoms with Crippen LogP contribution in [-0.4, -0.2) is 73.4 Å². The Labute approximate surface area is 397 Å². The van der Waals surface area contributed by atoms with E-state index in [1.807, 2.05) is 21.1 Å². The zero-order valence-electron chi connectivity index (χ0n) is 42.8. The molecule has 1 amide bonds. The van der Waals surface area contributed by atoms with Crippen LogP contribution in [0.2, 0.25) is 0 Å². The standard InChI is InChI=1S/C55H105N2O6P/c1-6-8-10-12-14-16-18-20-22-24-25-26-27-28-29-30-31-33-35-37-39-41-43-45-47-49-55(59)56-53(52-63-64(60,61)62-51-50-57(3,4)5)54(58)48-46-44-42-40-38-36-34-32-23-21-19-17-15-13-11-9-7-2/h8,10,14,16,20,22,25-26,53-54,58H,6-7,9,11-13,15,17-19,21,23-24,27-52H2,1-5H3,(H-,56,59,60,61)/p+1/b10-8-,16-14-,22-20-,26-25-. The average Bonchev–Trinajstić information content (AvgIpc) is 3.25. The van der Waals surface area contributed by atoms with Crippen LogP contribution in [0.15, 0.2) is 48.6 Å². The van der Waals surface area contributed by atoms with Gasteiger partial charge in [0, 0.05) is 6.42 Å². The molecule has 0 rings (SSSR count). The number of likely N-dealkylation sites (N-methyl/N-ethyl adjacent to an activating group) is 1. The van der Waals surface area contributed by atoms with Crippen LogP contribution >= 0.6 is 7.82 Å². The lowest BCUT2D eigenvalue weighted by molar-refractivity contribution is -0.870. The minimum atomic E-state index is -4.32. The lowest BCUT2D eigenvalue weighted by Crippen LogP contribution is -2.46. The summed E-state index contributed by atoms with van der Waals surface area (Å²) in [5.41, 5.74) is 0. The molecule has 8 nitrogen and oxygen atoms in total. The molecule has 0 saturated heterocycles. The number of phosphoric acid groups is 1. The number of carbonyl (C=O) groups is 1. The maximum atomic E-state index is 13.0. The number of hydrogen-bond donors (Lipinski definition) is 3. The normalized spacial score (nSPS) is 14.4. The van der Waals surface area contributed by atoms with E-state index in [4.69, 9.17) is 9.05 Å². The lowest BCUT2D eigenvalue weighted by atomic mass is 10.0. The van der Waals surface area contributed by atoms with Crippen molar-refractivity contribution in [3.8, 4) is 0 Å². The van der Waals surface area contributed by atoms with Gasteiger partial charge in [-0.15, -0.1) is 0 Å². The summed E-state index contributed by atoms with van der Waals surface area (Å²) in [5, 5.41) is 14.0. The van der Waals surface area contributed by atoms with E-state index >= 15 is 0 Å². The number of nitrogens with zero attached hydrogens (tertiary/aromatic N) is 1. The second kappa shape index (κ2) is 46.6. The van der Waals surface area contributed by atoms with Gasteiger partial charge in [0.15, 0.2) is 0 Å². The van der Waals surface area contributed by atoms with Crippen LogP contribution in [0.5, 0.6) is 0 Å². The topological polar surface area (TPSA) is 105 Å². The van der Waals surface area contributed by atoms with Crippen LogP contribution in [0.3, 0.4) is 0 Å². The molecule has 3 atom stereocenters. The molecule has 0 fully saturated rings. The predicted octanol–water partition coefficient (Wildman–Crippen LogP) is 16.0. The molecular weight excluding hydrogens is 816 g/mol. The monoisotopic (exact) mass is 922 g/mol. The molecule has 0 aromatic heterocycles. The van der Waals surface area contributed by atoms with E-state index in [1.165, 1.54) is 154 Å². The molecule has 0 aliphatic rings. The Hall–Kier alpha value is -1.54. The molecule has 3 N–H and O–H groups in total. The molecule has 0 aliphatic carbocycles. The summed E-state index contributed by atoms with van der Waals surface area (Å²) in [6.07, 6.45) is 60.1. The summed E-state index contributed by atoms with van der Waals surface area (Å²) in [5.74, 6) is -0.146. The van der Waals surface area contributed by atoms with Gasteiger partial charge in [0.05, 0.1) is 39.9 Å². The number of aliphatic hydroxyl groups is 1. The number of carbonyl (C=O) groups excluding carboxylic acids is 1. The molecule has 3 unspecified atom stereocenters. The predicted molar refractivity (Wildman–Crippen MR) is 277 cm³/mol. The van der Waals surface area contributed by atoms with E-state index in [-0.39, 0.29) is 19.1 Å². The van der Waals surface area contributed by atoms with Crippen LogP contribution in [0.1, 0.15) is 245 Å². The van der Waals surface area contributed by atoms with Crippen molar-refractivity contribution in [3.05, 3.63) is 48.6 Å². The Morgan fingerprint density at radius 1 is 0.547 bits per heavy atom. The highest BCUT2D eigenvalue weighted by Crippen LogP contribution is 2.43. The lowest BCUT2D eigenvalue weighted by Gasteiger charge is -2.26. The number of aliphatic hydroxyl groups excluding tert-OH is 1. The molecule has 376 valence electrons. The van der Waals surface area contributed by atoms with Gasteiger partial charge in [0.2, 0.25) is 5.91 Å². The Bertz CT molecular complexity index is 1180. The van der Waals surface area contributed by atoms with E-state index < -0.39 is 20.0 Å². The molecule has 0 aliphatic heterocycles. The van der Waals surface area contributed by atoms with Crippen molar-refractivity contribution in [1.82, 2.24) is 5.32 Å². The summed E-state index contributed by atoms with van der Waals surface area (Å²) in [7, 11) is 1.62. The highest BCUT2D eigenvalue weighted by Gasteiger charge is 2.28. The third kappa shape index (κ3) is 48.4. The number of rotatable bonds is 49. The summed E-state index contributed by atoms with van der Waals surface area (Å²) in [6, 6.07) is -0.762. The van der Waals surface area contributed by atoms with Crippen LogP contribution in [0.4, 0.5) is 0 Å². The van der Waals surface area contributed by atoms with Crippen LogP contribution in [0.25, 0.3) is 0 Å². The summed E-state index contributed by atoms with van der Waals surface area (Å²) >= 11 is 0. The van der Waals surface area contributed by atoms with E-state index in [9.17, 15) is 19.4 Å². The van der Waals surface area contributed by atoms with Crippen molar-refractivity contribution < 1.29 is 32.9 Å². The number of amides is 1. The molecule has 0 heterocycles. The number of unbranched alkanes of at least 4 members (excludes halogenated alkanes) is 28. The Kier molecular flexibility index (Phi) is 45.4. The maximum absolute atomic E-state index is 13.0. The molecule has 0 saturated carbocycles. The zero-order chi connectivity index (χ0) is 47.1. The molecule has 0 spiro atoms. The number of phosphoric ester groups is 1. The molecule has 0 aromatic rings. The third-order valence-corrected chi connectivity index (χ3v) is 13.1. The van der Waals surface area contributed by atoms with Crippen molar-refractivity contribution in [1.29, 1.82) is 0 Å². The van der Waals surface area contributed by atoms with Crippen molar-refractivity contribution in [2.45, 2.75) is 257 Å². The largest absolute Gasteiger partial charge is 0.472 e. The number of quaternary nitrogens is 1. The van der Waals surface area contributed by atoms with Crippen LogP contribution in [0, 0.1) is 0 Å². The third-order valence-electron chi connectivity index (χ3n) is 12.1. The Balaban J connectivity index is 4.19. The number of hydrogen-bond acceptors (Lipinski definition) is 5. The fourth-order valence-electron chi connectivity index (χ4n) is 7.86. The molecule has 0 aromatic carbocycles. The molecule has 9 heteroatoms. The fourth-order valence-corrected chi connectivity index (χ4v) is 8.60. The second-order valence-electron chi connectivity index (χ2n) is 19.6. The molecule has 0 bridgehead atoms. The van der Waals surface area contributed by atoms with Crippen molar-refractivity contribution >= 4 is 13.7 Å². The van der Waals surface area contributed by atoms with Gasteiger partial charge >= 0.3 is 7.82 Å². The SMILES string of the molecule is CC/C=C\C/C=C\C/C=C\C/C=C\CCCCCCCCCCCCCCC(=O)NC(COP(=O)(O)OCC[N+](C)(C)C)C(O)CCCCCCCCCCCCCCCCCCC. The van der Waals surface area contributed by atoms with Gasteiger partial charge in [0.25, 0.3) is 0 Å². The van der Waals surface area contributed by atoms with Crippen LogP contribution in [-0.2, 0) is 18.4 Å². The van der Waals surface area contributed by atoms with E-state index in [2.05, 4.69) is 67.8 Å². The summed E-state index contributed by atoms with van der Waals surface area (Å²) in [4.78, 5) is 23.3. The quantitative estimate of drug-likeness (QED) is 0.0243. The van der Waals surface area contributed by atoms with Crippen molar-refractivity contribution in [3.63, 3.8) is 0 Å². The number of nitrogens with one attached hydrogen (secondary N) is 1. The van der Waals surface area contributed by atoms with Gasteiger partial charge in [0.1, 0.15) is 13.2 Å². The average molecular weight is 922 g/mol. The van der Waals surface area contributed by atoms with Gasteiger partial charge < -0.3 is 19.8 Å². The van der Waals surface area contributed by atoms with Gasteiger partial charge in [-0.3, -0.25) is 13.8 Å². The van der Waals surface area contributed by atoms with Crippen molar-refractivity contribution in [2.75, 3.05) is 40.9 Å². The van der Waals surface area contributed by atoms with Gasteiger partial charge in [-0.05, 0) is 51.4 Å². The summed E-state index contributed by atoms with van der Waals surface area (Å²) in [6.45, 7) is 4.79. The highest BCUT2D eigenvalue weighted by atomic mass is 31.2. The van der Waals surface area contributed by atoms with Gasteiger partial charge in [-0.1, -0.05) is 236 Å². The Morgan fingerprint density at radius 3 is 1.38 bits per heavy atom. The van der Waals surface area contributed by atoms with Crippen molar-refractivity contribution in [2.24, 2.45) is 0 Å². The minimum absolute atomic E-state index is 0.0737. The fraction of sp³-hybridized carbons (Fsp3) is 0.836. The van der Waals surface area contributed by atoms with Gasteiger partial charge in [-0.25, -0.2) is 4.57 Å². The van der Waals surface area contributed by atoms with Crippen LogP contribution < -0.4 is 5.32 Å². The second-order valence-corrected chi connectivity index (χ2v) is 21.0. The number of allylic oxidation sites excluding steroid dienone is 8. The first-order valence-electron chi connectivity index (χ1n) is 27.0. The van der Waals surface area contributed by atoms with E-state index in [0.717, 1.165) is 64.2 Å². The van der Waals surface area contributed by atoms with E-state index in [1.54, 1.807) is 0 Å². The first kappa shape index (κ1) is 62.5. The molecular formula is C55H106N2O6P+. The smallest absolute Gasteiger partial charge is 0.391 e. The minimum Gasteiger partial charge on any atom is -0.391 e. The first-order valence-corrected chi connectivity index (χ1v) is 28.5. The molecule has 64 heavy (non-hydrogen) atoms. The highest BCUT2D eigenvalue weighted by molar-refractivity contribution is 7.47. The molecule has 0 radical (unpaired) electrons. The summed E-state index contributed by atoms with van der Waals surface area (Å²) < 4.78 is 23.7.